The number of allylic oxidation sites excluding steroid dienone is 1. The van der Waals surface area contributed by atoms with Gasteiger partial charge in [-0.05, 0) is 58.7 Å². The Labute approximate surface area is 146 Å². The van der Waals surface area contributed by atoms with Gasteiger partial charge in [0.15, 0.2) is 0 Å². The number of nitrogens with one attached hydrogen (secondary N) is 1. The van der Waals surface area contributed by atoms with Crippen LogP contribution in [0, 0.1) is 0 Å². The van der Waals surface area contributed by atoms with Crippen LogP contribution in [0.15, 0.2) is 59.6 Å². The van der Waals surface area contributed by atoms with Gasteiger partial charge in [-0.15, -0.1) is 6.58 Å². The van der Waals surface area contributed by atoms with Gasteiger partial charge in [-0.1, -0.05) is 30.3 Å². The molecule has 0 aromatic heterocycles. The first-order valence-electron chi connectivity index (χ1n) is 7.62. The van der Waals surface area contributed by atoms with Gasteiger partial charge < -0.3 is 14.8 Å². The van der Waals surface area contributed by atoms with Gasteiger partial charge in [-0.2, -0.15) is 0 Å². The minimum Gasteiger partial charge on any atom is -0.490 e. The number of rotatable bonds is 9. The van der Waals surface area contributed by atoms with Crippen molar-refractivity contribution in [2.24, 2.45) is 0 Å². The van der Waals surface area contributed by atoms with E-state index >= 15 is 0 Å². The third-order valence-corrected chi connectivity index (χ3v) is 3.93. The molecule has 1 N–H and O–H groups in total. The van der Waals surface area contributed by atoms with Crippen molar-refractivity contribution in [1.29, 1.82) is 0 Å². The standard InChI is InChI=1S/C19H22BrNO2/c1-3-6-16-7-4-5-8-18(16)22-11-12-23-19-10-9-15(14-21-2)13-17(19)20/h3-5,7-10,13,21H,1,6,11-12,14H2,2H3. The average molecular weight is 376 g/mol. The van der Waals surface area contributed by atoms with Crippen LogP contribution in [-0.2, 0) is 13.0 Å². The molecule has 2 aromatic rings. The second kappa shape index (κ2) is 9.38. The molecule has 2 rings (SSSR count). The number of hydrogen-bond acceptors (Lipinski definition) is 3. The SMILES string of the molecule is C=CCc1ccccc1OCCOc1ccc(CNC)cc1Br. The van der Waals surface area contributed by atoms with Crippen LogP contribution in [0.1, 0.15) is 11.1 Å². The van der Waals surface area contributed by atoms with Gasteiger partial charge in [-0.3, -0.25) is 0 Å². The van der Waals surface area contributed by atoms with Crippen LogP contribution in [0.25, 0.3) is 0 Å². The van der Waals surface area contributed by atoms with E-state index in [1.165, 1.54) is 5.56 Å². The molecular formula is C19H22BrNO2. The molecule has 0 atom stereocenters. The zero-order valence-electron chi connectivity index (χ0n) is 13.3. The Morgan fingerprint density at radius 1 is 1.09 bits per heavy atom. The minimum absolute atomic E-state index is 0.492. The number of para-hydroxylation sites is 1. The molecule has 0 aliphatic rings. The Kier molecular flexibility index (Phi) is 7.17. The van der Waals surface area contributed by atoms with E-state index in [2.05, 4.69) is 46.0 Å². The number of halogens is 1. The van der Waals surface area contributed by atoms with Crippen molar-refractivity contribution in [1.82, 2.24) is 5.32 Å². The maximum absolute atomic E-state index is 5.82. The average Bonchev–Trinajstić information content (AvgIpc) is 2.55. The topological polar surface area (TPSA) is 30.5 Å². The van der Waals surface area contributed by atoms with E-state index in [0.717, 1.165) is 34.5 Å². The molecule has 0 bridgehead atoms. The normalized spacial score (nSPS) is 10.3. The number of benzene rings is 2. The van der Waals surface area contributed by atoms with E-state index in [1.54, 1.807) is 0 Å². The molecule has 23 heavy (non-hydrogen) atoms. The lowest BCUT2D eigenvalue weighted by molar-refractivity contribution is 0.215. The van der Waals surface area contributed by atoms with Crippen molar-refractivity contribution < 1.29 is 9.47 Å². The summed E-state index contributed by atoms with van der Waals surface area (Å²) in [4.78, 5) is 0. The number of ether oxygens (including phenoxy) is 2. The van der Waals surface area contributed by atoms with Crippen LogP contribution in [0.5, 0.6) is 11.5 Å². The Bertz CT molecular complexity index is 643. The highest BCUT2D eigenvalue weighted by Gasteiger charge is 2.04. The summed E-state index contributed by atoms with van der Waals surface area (Å²) in [5.74, 6) is 1.72. The van der Waals surface area contributed by atoms with Crippen LogP contribution in [0.2, 0.25) is 0 Å². The van der Waals surface area contributed by atoms with Gasteiger partial charge in [0.25, 0.3) is 0 Å². The molecule has 122 valence electrons. The lowest BCUT2D eigenvalue weighted by Gasteiger charge is -2.12. The highest BCUT2D eigenvalue weighted by Crippen LogP contribution is 2.26. The second-order valence-corrected chi connectivity index (χ2v) is 5.95. The summed E-state index contributed by atoms with van der Waals surface area (Å²) in [5, 5.41) is 3.13. The van der Waals surface area contributed by atoms with E-state index in [1.807, 2.05) is 37.4 Å². The fourth-order valence-corrected chi connectivity index (χ4v) is 2.79. The van der Waals surface area contributed by atoms with Gasteiger partial charge in [0, 0.05) is 6.54 Å². The largest absolute Gasteiger partial charge is 0.490 e. The summed E-state index contributed by atoms with van der Waals surface area (Å²) in [7, 11) is 1.93. The molecule has 4 heteroatoms. The molecule has 0 spiro atoms. The first-order chi connectivity index (χ1) is 11.2. The summed E-state index contributed by atoms with van der Waals surface area (Å²) in [5.41, 5.74) is 2.35. The fourth-order valence-electron chi connectivity index (χ4n) is 2.25. The number of hydrogen-bond donors (Lipinski definition) is 1. The van der Waals surface area contributed by atoms with Crippen LogP contribution in [0.4, 0.5) is 0 Å². The lowest BCUT2D eigenvalue weighted by Crippen LogP contribution is -2.10. The first-order valence-corrected chi connectivity index (χ1v) is 8.41. The Morgan fingerprint density at radius 2 is 1.83 bits per heavy atom. The summed E-state index contributed by atoms with van der Waals surface area (Å²) < 4.78 is 12.6. The van der Waals surface area contributed by atoms with E-state index < -0.39 is 0 Å². The maximum Gasteiger partial charge on any atom is 0.133 e. The Morgan fingerprint density at radius 3 is 2.52 bits per heavy atom. The second-order valence-electron chi connectivity index (χ2n) is 5.09. The Balaban J connectivity index is 1.85. The van der Waals surface area contributed by atoms with E-state index in [4.69, 9.17) is 9.47 Å². The molecule has 0 saturated heterocycles. The summed E-state index contributed by atoms with van der Waals surface area (Å²) in [6.07, 6.45) is 2.68. The lowest BCUT2D eigenvalue weighted by atomic mass is 10.1. The molecule has 0 heterocycles. The van der Waals surface area contributed by atoms with Crippen LogP contribution in [0.3, 0.4) is 0 Å². The van der Waals surface area contributed by atoms with E-state index in [9.17, 15) is 0 Å². The molecule has 0 aliphatic heterocycles. The molecular weight excluding hydrogens is 354 g/mol. The molecule has 0 amide bonds. The highest BCUT2D eigenvalue weighted by atomic mass is 79.9. The smallest absolute Gasteiger partial charge is 0.133 e. The van der Waals surface area contributed by atoms with Crippen molar-refractivity contribution in [3.05, 3.63) is 70.7 Å². The zero-order chi connectivity index (χ0) is 16.5. The molecule has 0 saturated carbocycles. The summed E-state index contributed by atoms with van der Waals surface area (Å²) in [6, 6.07) is 14.1. The van der Waals surface area contributed by atoms with Crippen molar-refractivity contribution in [2.45, 2.75) is 13.0 Å². The maximum atomic E-state index is 5.82. The Hall–Kier alpha value is -1.78. The van der Waals surface area contributed by atoms with Crippen molar-refractivity contribution in [3.8, 4) is 11.5 Å². The van der Waals surface area contributed by atoms with E-state index in [-0.39, 0.29) is 0 Å². The molecule has 2 aromatic carbocycles. The minimum atomic E-state index is 0.492. The monoisotopic (exact) mass is 375 g/mol. The van der Waals surface area contributed by atoms with Crippen LogP contribution >= 0.6 is 15.9 Å². The van der Waals surface area contributed by atoms with Gasteiger partial charge >= 0.3 is 0 Å². The molecule has 0 radical (unpaired) electrons. The summed E-state index contributed by atoms with van der Waals surface area (Å²) >= 11 is 3.54. The quantitative estimate of drug-likeness (QED) is 0.521. The van der Waals surface area contributed by atoms with Gasteiger partial charge in [0.2, 0.25) is 0 Å². The van der Waals surface area contributed by atoms with Crippen molar-refractivity contribution in [3.63, 3.8) is 0 Å². The molecule has 3 nitrogen and oxygen atoms in total. The zero-order valence-corrected chi connectivity index (χ0v) is 14.9. The van der Waals surface area contributed by atoms with Gasteiger partial charge in [0.1, 0.15) is 24.7 Å². The van der Waals surface area contributed by atoms with Gasteiger partial charge in [0.05, 0.1) is 4.47 Å². The predicted octanol–water partition coefficient (Wildman–Crippen LogP) is 4.35. The molecule has 0 unspecified atom stereocenters. The molecule has 0 fully saturated rings. The summed E-state index contributed by atoms with van der Waals surface area (Å²) in [6.45, 7) is 5.60. The van der Waals surface area contributed by atoms with E-state index in [0.29, 0.717) is 13.2 Å². The third-order valence-electron chi connectivity index (χ3n) is 3.31. The van der Waals surface area contributed by atoms with Gasteiger partial charge in [-0.25, -0.2) is 0 Å². The fraction of sp³-hybridized carbons (Fsp3) is 0.263. The highest BCUT2D eigenvalue weighted by molar-refractivity contribution is 9.10. The van der Waals surface area contributed by atoms with Crippen molar-refractivity contribution in [2.75, 3.05) is 20.3 Å². The molecule has 0 aliphatic carbocycles. The third kappa shape index (κ3) is 5.41. The van der Waals surface area contributed by atoms with Crippen LogP contribution < -0.4 is 14.8 Å². The first kappa shape index (κ1) is 17.6. The van der Waals surface area contributed by atoms with Crippen molar-refractivity contribution >= 4 is 15.9 Å². The predicted molar refractivity (Wildman–Crippen MR) is 98.2 cm³/mol. The van der Waals surface area contributed by atoms with Crippen LogP contribution in [-0.4, -0.2) is 20.3 Å².